The Kier molecular flexibility index (Phi) is 5.09. The van der Waals surface area contributed by atoms with Gasteiger partial charge in [-0.2, -0.15) is 0 Å². The van der Waals surface area contributed by atoms with Gasteiger partial charge in [0.2, 0.25) is 0 Å². The van der Waals surface area contributed by atoms with Gasteiger partial charge in [0.1, 0.15) is 0 Å². The molecular weight excluding hydrogens is 316 g/mol. The number of piperazine rings is 1. The number of hydrogen-bond acceptors (Lipinski definition) is 4. The first-order chi connectivity index (χ1) is 12.1. The van der Waals surface area contributed by atoms with Crippen molar-refractivity contribution in [3.8, 4) is 0 Å². The Morgan fingerprint density at radius 2 is 1.64 bits per heavy atom. The molecule has 1 aromatic heterocycles. The topological polar surface area (TPSA) is 56.8 Å². The number of para-hydroxylation sites is 1. The lowest BCUT2D eigenvalue weighted by molar-refractivity contribution is 0.0663. The van der Waals surface area contributed by atoms with Crippen LogP contribution in [0.25, 0.3) is 0 Å². The van der Waals surface area contributed by atoms with E-state index < -0.39 is 0 Å². The zero-order valence-corrected chi connectivity index (χ0v) is 14.6. The number of aromatic nitrogens is 1. The maximum atomic E-state index is 12.7. The van der Waals surface area contributed by atoms with Crippen LogP contribution in [0.4, 0.5) is 5.69 Å². The van der Waals surface area contributed by atoms with Gasteiger partial charge in [-0.25, -0.2) is 0 Å². The van der Waals surface area contributed by atoms with Crippen molar-refractivity contribution in [2.45, 2.75) is 0 Å². The van der Waals surface area contributed by atoms with Crippen molar-refractivity contribution in [3.05, 3.63) is 59.9 Å². The number of anilines is 1. The summed E-state index contributed by atoms with van der Waals surface area (Å²) >= 11 is 0. The summed E-state index contributed by atoms with van der Waals surface area (Å²) in [6.07, 6.45) is 3.03. The Labute approximate surface area is 147 Å². The number of benzene rings is 1. The second-order valence-electron chi connectivity index (χ2n) is 6.26. The average molecular weight is 338 g/mol. The summed E-state index contributed by atoms with van der Waals surface area (Å²) in [5.74, 6) is -0.260. The summed E-state index contributed by atoms with van der Waals surface area (Å²) in [7, 11) is 3.76. The summed E-state index contributed by atoms with van der Waals surface area (Å²) in [4.78, 5) is 35.0. The molecule has 2 amide bonds. The molecule has 2 aromatic rings. The molecule has 0 bridgehead atoms. The Morgan fingerprint density at radius 3 is 2.32 bits per heavy atom. The van der Waals surface area contributed by atoms with Crippen LogP contribution in [0, 0.1) is 0 Å². The van der Waals surface area contributed by atoms with Gasteiger partial charge in [-0.3, -0.25) is 14.6 Å². The summed E-state index contributed by atoms with van der Waals surface area (Å²) in [6.45, 7) is 3.10. The van der Waals surface area contributed by atoms with E-state index in [4.69, 9.17) is 0 Å². The first kappa shape index (κ1) is 17.1. The molecule has 0 spiro atoms. The Balaban J connectivity index is 1.77. The third kappa shape index (κ3) is 3.85. The second kappa shape index (κ2) is 7.44. The molecule has 0 atom stereocenters. The van der Waals surface area contributed by atoms with Crippen molar-refractivity contribution in [1.82, 2.24) is 14.8 Å². The average Bonchev–Trinajstić information content (AvgIpc) is 2.67. The molecule has 3 rings (SSSR count). The van der Waals surface area contributed by atoms with Gasteiger partial charge < -0.3 is 14.7 Å². The third-order valence-corrected chi connectivity index (χ3v) is 4.47. The van der Waals surface area contributed by atoms with Crippen molar-refractivity contribution in [2.24, 2.45) is 0 Å². The molecule has 25 heavy (non-hydrogen) atoms. The molecule has 1 aromatic carbocycles. The fraction of sp³-hybridized carbons (Fsp3) is 0.316. The highest BCUT2D eigenvalue weighted by Gasteiger charge is 2.22. The van der Waals surface area contributed by atoms with Crippen LogP contribution in [0.15, 0.2) is 48.8 Å². The van der Waals surface area contributed by atoms with Gasteiger partial charge in [-0.1, -0.05) is 18.2 Å². The SMILES string of the molecule is CN1CCN(C(=O)c2cncc(C(=O)N(C)c3ccccc3)c2)CC1. The van der Waals surface area contributed by atoms with Crippen molar-refractivity contribution >= 4 is 17.5 Å². The quantitative estimate of drug-likeness (QED) is 0.855. The van der Waals surface area contributed by atoms with Crippen LogP contribution in [0.5, 0.6) is 0 Å². The standard InChI is InChI=1S/C19H22N4O2/c1-21-8-10-23(11-9-21)19(25)16-12-15(13-20-14-16)18(24)22(2)17-6-4-3-5-7-17/h3-7,12-14H,8-11H2,1-2H3. The minimum atomic E-state index is -0.188. The molecule has 2 heterocycles. The summed E-state index contributed by atoms with van der Waals surface area (Å²) < 4.78 is 0. The van der Waals surface area contributed by atoms with E-state index >= 15 is 0 Å². The van der Waals surface area contributed by atoms with E-state index in [2.05, 4.69) is 9.88 Å². The largest absolute Gasteiger partial charge is 0.336 e. The van der Waals surface area contributed by atoms with E-state index in [-0.39, 0.29) is 11.8 Å². The highest BCUT2D eigenvalue weighted by molar-refractivity contribution is 6.07. The molecule has 0 radical (unpaired) electrons. The van der Waals surface area contributed by atoms with Crippen LogP contribution in [-0.2, 0) is 0 Å². The number of rotatable bonds is 3. The van der Waals surface area contributed by atoms with Gasteiger partial charge in [0.25, 0.3) is 11.8 Å². The van der Waals surface area contributed by atoms with Crippen LogP contribution >= 0.6 is 0 Å². The Bertz CT molecular complexity index is 755. The maximum Gasteiger partial charge on any atom is 0.259 e. The highest BCUT2D eigenvalue weighted by atomic mass is 16.2. The van der Waals surface area contributed by atoms with Crippen LogP contribution in [0.3, 0.4) is 0 Å². The van der Waals surface area contributed by atoms with Gasteiger partial charge in [0.05, 0.1) is 11.1 Å². The van der Waals surface area contributed by atoms with E-state index in [9.17, 15) is 9.59 Å². The number of amides is 2. The maximum absolute atomic E-state index is 12.7. The number of nitrogens with zero attached hydrogens (tertiary/aromatic N) is 4. The second-order valence-corrected chi connectivity index (χ2v) is 6.26. The van der Waals surface area contributed by atoms with Gasteiger partial charge in [0.15, 0.2) is 0 Å². The van der Waals surface area contributed by atoms with Gasteiger partial charge >= 0.3 is 0 Å². The Morgan fingerprint density at radius 1 is 1.00 bits per heavy atom. The smallest absolute Gasteiger partial charge is 0.259 e. The van der Waals surface area contributed by atoms with Gasteiger partial charge in [-0.05, 0) is 25.2 Å². The van der Waals surface area contributed by atoms with E-state index in [0.717, 1.165) is 18.8 Å². The molecule has 1 aliphatic heterocycles. The fourth-order valence-electron chi connectivity index (χ4n) is 2.83. The van der Waals surface area contributed by atoms with Gasteiger partial charge in [0, 0.05) is 51.3 Å². The monoisotopic (exact) mass is 338 g/mol. The zero-order chi connectivity index (χ0) is 17.8. The predicted octanol–water partition coefficient (Wildman–Crippen LogP) is 1.75. The van der Waals surface area contributed by atoms with Crippen LogP contribution in [-0.4, -0.2) is 66.9 Å². The molecule has 6 nitrogen and oxygen atoms in total. The normalized spacial score (nSPS) is 15.0. The summed E-state index contributed by atoms with van der Waals surface area (Å²) in [6, 6.07) is 11.0. The van der Waals surface area contributed by atoms with E-state index in [1.807, 2.05) is 42.3 Å². The first-order valence-corrected chi connectivity index (χ1v) is 8.32. The van der Waals surface area contributed by atoms with Crippen molar-refractivity contribution in [1.29, 1.82) is 0 Å². The lowest BCUT2D eigenvalue weighted by Crippen LogP contribution is -2.47. The van der Waals surface area contributed by atoms with Crippen LogP contribution < -0.4 is 4.90 Å². The molecular formula is C19H22N4O2. The number of carbonyl (C=O) groups excluding carboxylic acids is 2. The van der Waals surface area contributed by atoms with E-state index in [1.165, 1.54) is 12.4 Å². The van der Waals surface area contributed by atoms with Gasteiger partial charge in [-0.15, -0.1) is 0 Å². The summed E-state index contributed by atoms with van der Waals surface area (Å²) in [5, 5.41) is 0. The van der Waals surface area contributed by atoms with Crippen molar-refractivity contribution in [3.63, 3.8) is 0 Å². The molecule has 6 heteroatoms. The number of hydrogen-bond donors (Lipinski definition) is 0. The van der Waals surface area contributed by atoms with Crippen molar-refractivity contribution < 1.29 is 9.59 Å². The number of likely N-dealkylation sites (N-methyl/N-ethyl adjacent to an activating group) is 1. The minimum Gasteiger partial charge on any atom is -0.336 e. The van der Waals surface area contributed by atoms with Crippen LogP contribution in [0.2, 0.25) is 0 Å². The molecule has 0 aliphatic carbocycles. The Hall–Kier alpha value is -2.73. The van der Waals surface area contributed by atoms with Crippen molar-refractivity contribution in [2.75, 3.05) is 45.2 Å². The minimum absolute atomic E-state index is 0.0717. The van der Waals surface area contributed by atoms with E-state index in [0.29, 0.717) is 24.2 Å². The molecule has 1 fully saturated rings. The fourth-order valence-corrected chi connectivity index (χ4v) is 2.83. The first-order valence-electron chi connectivity index (χ1n) is 8.32. The molecule has 1 saturated heterocycles. The molecule has 0 N–H and O–H groups in total. The molecule has 0 unspecified atom stereocenters. The number of pyridine rings is 1. The van der Waals surface area contributed by atoms with Crippen LogP contribution in [0.1, 0.15) is 20.7 Å². The number of carbonyl (C=O) groups is 2. The lowest BCUT2D eigenvalue weighted by atomic mass is 10.1. The summed E-state index contributed by atoms with van der Waals surface area (Å²) in [5.41, 5.74) is 1.66. The molecule has 0 saturated carbocycles. The zero-order valence-electron chi connectivity index (χ0n) is 14.6. The lowest BCUT2D eigenvalue weighted by Gasteiger charge is -2.32. The van der Waals surface area contributed by atoms with E-state index in [1.54, 1.807) is 18.0 Å². The molecule has 1 aliphatic rings. The molecule has 130 valence electrons. The predicted molar refractivity (Wildman–Crippen MR) is 96.8 cm³/mol. The highest BCUT2D eigenvalue weighted by Crippen LogP contribution is 2.16. The third-order valence-electron chi connectivity index (χ3n) is 4.47.